The molecule has 64 heavy (non-hydrogen) atoms. The zero-order valence-corrected chi connectivity index (χ0v) is 36.5. The third-order valence-corrected chi connectivity index (χ3v) is 11.9. The van der Waals surface area contributed by atoms with E-state index in [0.29, 0.717) is 40.6 Å². The molecule has 4 fully saturated rings. The van der Waals surface area contributed by atoms with E-state index in [9.17, 15) is 24.1 Å². The van der Waals surface area contributed by atoms with Gasteiger partial charge < -0.3 is 23.8 Å². The number of terminal acetylenes is 1. The molecule has 2 aromatic heterocycles. The molecule has 2 bridgehead atoms. The average molecular weight is 880 g/mol. The minimum absolute atomic E-state index is 0.00116. The maximum atomic E-state index is 16.3. The fourth-order valence-corrected chi connectivity index (χ4v) is 9.20. The Morgan fingerprint density at radius 1 is 0.984 bits per heavy atom. The SMILES string of the molecule is C#Cc1c(F)ccc2cccc(-c3ncc4c(N5CC6CCC(C5)N6C(=O)OC(C)(C)C)nc(OC)nc4c3F)c12.COCC1CCC2CCCN21.O=COc1ccc([N+](=O)[O-])cc1. The van der Waals surface area contributed by atoms with Gasteiger partial charge in [-0.2, -0.15) is 9.97 Å². The first kappa shape index (κ1) is 45.5. The van der Waals surface area contributed by atoms with Crippen molar-refractivity contribution in [1.82, 2.24) is 24.8 Å². The number of hydrogen-bond acceptors (Lipinski definition) is 13. The van der Waals surface area contributed by atoms with E-state index in [4.69, 9.17) is 20.6 Å². The number of nitro groups is 1. The molecule has 5 aromatic rings. The number of amides is 1. The van der Waals surface area contributed by atoms with Crippen molar-refractivity contribution in [2.75, 3.05) is 45.4 Å². The molecule has 0 spiro atoms. The zero-order valence-electron chi connectivity index (χ0n) is 36.5. The van der Waals surface area contributed by atoms with Gasteiger partial charge in [0.2, 0.25) is 0 Å². The lowest BCUT2D eigenvalue weighted by Crippen LogP contribution is -2.57. The maximum absolute atomic E-state index is 16.3. The molecule has 4 aliphatic heterocycles. The van der Waals surface area contributed by atoms with E-state index in [1.165, 1.54) is 75.9 Å². The van der Waals surface area contributed by atoms with Crippen molar-refractivity contribution >= 4 is 45.7 Å². The van der Waals surface area contributed by atoms with Gasteiger partial charge in [0.25, 0.3) is 12.2 Å². The summed E-state index contributed by atoms with van der Waals surface area (Å²) in [5.74, 6) is 1.89. The predicted molar refractivity (Wildman–Crippen MR) is 236 cm³/mol. The minimum Gasteiger partial charge on any atom is -0.467 e. The molecule has 17 heteroatoms. The van der Waals surface area contributed by atoms with Crippen LogP contribution in [0.5, 0.6) is 11.8 Å². The fourth-order valence-electron chi connectivity index (χ4n) is 9.20. The summed E-state index contributed by atoms with van der Waals surface area (Å²) >= 11 is 0. The van der Waals surface area contributed by atoms with Crippen molar-refractivity contribution in [1.29, 1.82) is 0 Å². The summed E-state index contributed by atoms with van der Waals surface area (Å²) in [4.78, 5) is 52.3. The Hall–Kier alpha value is -6.51. The number of ether oxygens (including phenoxy) is 4. The van der Waals surface area contributed by atoms with Crippen LogP contribution in [-0.4, -0.2) is 112 Å². The number of carbonyl (C=O) groups is 2. The standard InChI is InChI=1S/C31H29F2N5O3.C9H17NO.C7H5NO4/c1-6-20-23(32)13-10-17-8-7-9-21(24(17)20)26-25(33)27-22(14-34-26)28(36-29(35-27)40-5)37-15-18-11-12-19(16-37)38(18)30(39)41-31(2,3)4;1-11-7-9-5-4-8-3-2-6-10(8)9;9-5-12-7-3-1-6(2-4-7)8(10)11/h1,7-10,13-14,18-19H,11-12,15-16H2,2-5H3;8-9H,2-7H2,1H3;1-5H. The number of non-ortho nitro benzene ring substituents is 1. The molecule has 4 aliphatic rings. The predicted octanol–water partition coefficient (Wildman–Crippen LogP) is 8.09. The number of carbonyl (C=O) groups excluding carboxylic acids is 2. The van der Waals surface area contributed by atoms with E-state index in [2.05, 4.69) is 30.5 Å². The summed E-state index contributed by atoms with van der Waals surface area (Å²) in [7, 11) is 3.23. The summed E-state index contributed by atoms with van der Waals surface area (Å²) in [5, 5.41) is 11.6. The second-order valence-corrected chi connectivity index (χ2v) is 17.1. The highest BCUT2D eigenvalue weighted by Crippen LogP contribution is 2.39. The van der Waals surface area contributed by atoms with E-state index in [1.54, 1.807) is 24.3 Å². The summed E-state index contributed by atoms with van der Waals surface area (Å²) in [6, 6.07) is 14.8. The molecule has 1 amide bonds. The van der Waals surface area contributed by atoms with Crippen molar-refractivity contribution in [3.05, 3.63) is 88.1 Å². The zero-order chi connectivity index (χ0) is 45.7. The second-order valence-electron chi connectivity index (χ2n) is 17.1. The van der Waals surface area contributed by atoms with E-state index < -0.39 is 22.2 Å². The first-order chi connectivity index (χ1) is 30.7. The largest absolute Gasteiger partial charge is 0.467 e. The summed E-state index contributed by atoms with van der Waals surface area (Å²) < 4.78 is 51.6. The molecule has 6 heterocycles. The van der Waals surface area contributed by atoms with Crippen LogP contribution in [0.4, 0.5) is 25.1 Å². The third kappa shape index (κ3) is 9.68. The quantitative estimate of drug-likeness (QED) is 0.0637. The Morgan fingerprint density at radius 3 is 2.34 bits per heavy atom. The maximum Gasteiger partial charge on any atom is 0.410 e. The number of halogens is 2. The molecule has 4 unspecified atom stereocenters. The van der Waals surface area contributed by atoms with Crippen molar-refractivity contribution in [3.8, 4) is 35.4 Å². The number of fused-ring (bicyclic) bond motifs is 5. The van der Waals surface area contributed by atoms with Crippen molar-refractivity contribution in [2.45, 2.75) is 89.1 Å². The van der Waals surface area contributed by atoms with Crippen LogP contribution in [0.2, 0.25) is 0 Å². The minimum atomic E-state index is -0.695. The second kappa shape index (κ2) is 19.5. The van der Waals surface area contributed by atoms with Gasteiger partial charge in [0.15, 0.2) is 5.82 Å². The van der Waals surface area contributed by atoms with Crippen molar-refractivity contribution < 1.29 is 42.2 Å². The molecular formula is C47H51F2N7O8. The highest BCUT2D eigenvalue weighted by atomic mass is 19.1. The number of pyridine rings is 1. The van der Waals surface area contributed by atoms with Crippen molar-refractivity contribution in [2.24, 2.45) is 0 Å². The first-order valence-corrected chi connectivity index (χ1v) is 21.2. The molecule has 0 N–H and O–H groups in total. The van der Waals surface area contributed by atoms with Gasteiger partial charge in [-0.05, 0) is 89.4 Å². The Morgan fingerprint density at radius 2 is 1.70 bits per heavy atom. The number of aromatic nitrogens is 3. The van der Waals surface area contributed by atoms with Crippen LogP contribution in [0.3, 0.4) is 0 Å². The number of benzene rings is 3. The summed E-state index contributed by atoms with van der Waals surface area (Å²) in [5.41, 5.74) is -0.215. The Bertz CT molecular complexity index is 2550. The lowest BCUT2D eigenvalue weighted by Gasteiger charge is -2.42. The Kier molecular flexibility index (Phi) is 13.9. The van der Waals surface area contributed by atoms with Crippen LogP contribution in [0.15, 0.2) is 60.8 Å². The molecule has 0 saturated carbocycles. The number of rotatable bonds is 8. The number of nitro benzene ring substituents is 1. The van der Waals surface area contributed by atoms with Crippen LogP contribution in [-0.2, 0) is 14.3 Å². The highest BCUT2D eigenvalue weighted by molar-refractivity contribution is 6.02. The van der Waals surface area contributed by atoms with Gasteiger partial charge in [0.1, 0.15) is 34.2 Å². The van der Waals surface area contributed by atoms with Crippen LogP contribution >= 0.6 is 0 Å². The Labute approximate surface area is 369 Å². The van der Waals surface area contributed by atoms with Gasteiger partial charge >= 0.3 is 12.1 Å². The molecule has 336 valence electrons. The molecule has 4 saturated heterocycles. The molecule has 15 nitrogen and oxygen atoms in total. The van der Waals surface area contributed by atoms with Gasteiger partial charge in [-0.1, -0.05) is 30.2 Å². The van der Waals surface area contributed by atoms with Gasteiger partial charge in [0.05, 0.1) is 41.7 Å². The molecule has 3 aromatic carbocycles. The summed E-state index contributed by atoms with van der Waals surface area (Å²) in [6.45, 7) is 9.04. The molecular weight excluding hydrogens is 829 g/mol. The van der Waals surface area contributed by atoms with Gasteiger partial charge in [-0.3, -0.25) is 29.7 Å². The molecule has 0 radical (unpaired) electrons. The Balaban J connectivity index is 0.000000215. The average Bonchev–Trinajstić information content (AvgIpc) is 3.98. The number of nitrogens with zero attached hydrogens (tertiary/aromatic N) is 7. The van der Waals surface area contributed by atoms with Gasteiger partial charge in [0, 0.05) is 61.6 Å². The van der Waals surface area contributed by atoms with E-state index in [-0.39, 0.29) is 58.9 Å². The number of methoxy groups -OCH3 is 2. The monoisotopic (exact) mass is 879 g/mol. The third-order valence-electron chi connectivity index (χ3n) is 11.9. The molecule has 9 rings (SSSR count). The van der Waals surface area contributed by atoms with Crippen LogP contribution in [0.25, 0.3) is 32.9 Å². The smallest absolute Gasteiger partial charge is 0.410 e. The topological polar surface area (TPSA) is 163 Å². The first-order valence-electron chi connectivity index (χ1n) is 21.2. The van der Waals surface area contributed by atoms with Gasteiger partial charge in [-0.15, -0.1) is 6.42 Å². The lowest BCUT2D eigenvalue weighted by molar-refractivity contribution is -0.384. The van der Waals surface area contributed by atoms with Crippen LogP contribution < -0.4 is 14.4 Å². The van der Waals surface area contributed by atoms with Crippen LogP contribution in [0.1, 0.15) is 64.9 Å². The highest BCUT2D eigenvalue weighted by Gasteiger charge is 2.45. The fraction of sp³-hybridized carbons (Fsp3) is 0.426. The number of anilines is 1. The van der Waals surface area contributed by atoms with Crippen molar-refractivity contribution in [3.63, 3.8) is 0 Å². The van der Waals surface area contributed by atoms with Gasteiger partial charge in [-0.25, -0.2) is 13.6 Å². The molecule has 4 atom stereocenters. The number of piperazine rings is 1. The van der Waals surface area contributed by atoms with E-state index in [1.807, 2.05) is 37.7 Å². The number of hydrogen-bond donors (Lipinski definition) is 0. The summed E-state index contributed by atoms with van der Waals surface area (Å²) in [6.07, 6.45) is 14.1. The molecule has 0 aliphatic carbocycles. The normalized spacial score (nSPS) is 20.1. The van der Waals surface area contributed by atoms with E-state index >= 15 is 4.39 Å². The van der Waals surface area contributed by atoms with E-state index in [0.717, 1.165) is 31.5 Å². The lowest BCUT2D eigenvalue weighted by atomic mass is 9.96. The van der Waals surface area contributed by atoms with Crippen LogP contribution in [0, 0.1) is 34.1 Å².